The molecule has 0 spiro atoms. The zero-order valence-electron chi connectivity index (χ0n) is 16.2. The molecule has 1 amide bonds. The largest absolute Gasteiger partial charge is 0.490 e. The van der Waals surface area contributed by atoms with E-state index in [2.05, 4.69) is 48.4 Å². The molecule has 5 nitrogen and oxygen atoms in total. The van der Waals surface area contributed by atoms with E-state index in [0.29, 0.717) is 6.04 Å². The Labute approximate surface area is 155 Å². The summed E-state index contributed by atoms with van der Waals surface area (Å²) in [5, 5.41) is 1.09. The van der Waals surface area contributed by atoms with Gasteiger partial charge in [-0.15, -0.1) is 0 Å². The maximum atomic E-state index is 12.5. The minimum atomic E-state index is 0.0998. The van der Waals surface area contributed by atoms with Crippen LogP contribution in [-0.4, -0.2) is 59.1 Å². The molecule has 1 atom stereocenters. The Morgan fingerprint density at radius 2 is 1.88 bits per heavy atom. The molecule has 1 unspecified atom stereocenters. The van der Waals surface area contributed by atoms with Crippen LogP contribution in [0, 0.1) is 0 Å². The lowest BCUT2D eigenvalue weighted by atomic mass is 10.1. The van der Waals surface area contributed by atoms with Gasteiger partial charge in [-0.25, -0.2) is 0 Å². The summed E-state index contributed by atoms with van der Waals surface area (Å²) < 4.78 is 8.44. The molecular weight excluding hydrogens is 326 g/mol. The standard InChI is InChI=1S/C21H29N3O2/c1-14(2)23-9-7-17(8-10-23)26-18-5-6-19-16(11-18)12-20-21(25)22(4)13-15(3)24(19)20/h5-6,11-12,14-15,17H,7-10,13H2,1-4H3. The molecule has 4 rings (SSSR count). The molecule has 26 heavy (non-hydrogen) atoms. The van der Waals surface area contributed by atoms with Crippen LogP contribution in [0.4, 0.5) is 0 Å². The molecule has 0 aliphatic carbocycles. The van der Waals surface area contributed by atoms with E-state index in [0.717, 1.165) is 54.8 Å². The first kappa shape index (κ1) is 17.4. The minimum Gasteiger partial charge on any atom is -0.490 e. The first-order valence-electron chi connectivity index (χ1n) is 9.75. The van der Waals surface area contributed by atoms with Gasteiger partial charge >= 0.3 is 0 Å². The molecule has 5 heteroatoms. The van der Waals surface area contributed by atoms with Crippen LogP contribution in [0.5, 0.6) is 5.75 Å². The van der Waals surface area contributed by atoms with E-state index in [4.69, 9.17) is 4.74 Å². The number of amides is 1. The fraction of sp³-hybridized carbons (Fsp3) is 0.571. The van der Waals surface area contributed by atoms with Gasteiger partial charge in [-0.1, -0.05) is 0 Å². The third-order valence-corrected chi connectivity index (χ3v) is 5.86. The molecular formula is C21H29N3O2. The van der Waals surface area contributed by atoms with Gasteiger partial charge in [-0.2, -0.15) is 0 Å². The number of fused-ring (bicyclic) bond motifs is 3. The molecule has 2 aliphatic heterocycles. The van der Waals surface area contributed by atoms with Crippen molar-refractivity contribution in [3.63, 3.8) is 0 Å². The van der Waals surface area contributed by atoms with Gasteiger partial charge in [0.25, 0.3) is 5.91 Å². The second-order valence-corrected chi connectivity index (χ2v) is 8.10. The smallest absolute Gasteiger partial charge is 0.270 e. The number of piperidine rings is 1. The lowest BCUT2D eigenvalue weighted by Gasteiger charge is -2.34. The highest BCUT2D eigenvalue weighted by atomic mass is 16.5. The molecule has 1 fully saturated rings. The van der Waals surface area contributed by atoms with Crippen molar-refractivity contribution in [2.24, 2.45) is 0 Å². The Morgan fingerprint density at radius 3 is 2.58 bits per heavy atom. The maximum absolute atomic E-state index is 12.5. The van der Waals surface area contributed by atoms with Crippen LogP contribution >= 0.6 is 0 Å². The average molecular weight is 355 g/mol. The van der Waals surface area contributed by atoms with Crippen molar-refractivity contribution in [2.45, 2.75) is 51.8 Å². The predicted octanol–water partition coefficient (Wildman–Crippen LogP) is 3.54. The van der Waals surface area contributed by atoms with Crippen molar-refractivity contribution >= 4 is 16.8 Å². The van der Waals surface area contributed by atoms with Crippen molar-refractivity contribution in [3.8, 4) is 5.75 Å². The van der Waals surface area contributed by atoms with Crippen LogP contribution in [0.1, 0.15) is 50.1 Å². The number of nitrogens with zero attached hydrogens (tertiary/aromatic N) is 3. The van der Waals surface area contributed by atoms with Crippen LogP contribution in [0.3, 0.4) is 0 Å². The van der Waals surface area contributed by atoms with Gasteiger partial charge in [-0.3, -0.25) is 4.79 Å². The highest BCUT2D eigenvalue weighted by Gasteiger charge is 2.28. The first-order valence-corrected chi connectivity index (χ1v) is 9.75. The fourth-order valence-electron chi connectivity index (χ4n) is 4.39. The number of likely N-dealkylation sites (N-methyl/N-ethyl adjacent to an activating group) is 1. The molecule has 0 saturated carbocycles. The van der Waals surface area contributed by atoms with E-state index < -0.39 is 0 Å². The third-order valence-electron chi connectivity index (χ3n) is 5.86. The molecule has 1 aromatic carbocycles. The SMILES string of the molecule is CC(C)N1CCC(Oc2ccc3c(c2)cc2n3C(C)CN(C)C2=O)CC1. The molecule has 1 saturated heterocycles. The summed E-state index contributed by atoms with van der Waals surface area (Å²) in [6.07, 6.45) is 2.43. The van der Waals surface area contributed by atoms with Gasteiger partial charge in [0.15, 0.2) is 0 Å². The van der Waals surface area contributed by atoms with E-state index >= 15 is 0 Å². The number of benzene rings is 1. The summed E-state index contributed by atoms with van der Waals surface area (Å²) in [5.74, 6) is 1.01. The molecule has 3 heterocycles. The summed E-state index contributed by atoms with van der Waals surface area (Å²) in [6, 6.07) is 9.16. The summed E-state index contributed by atoms with van der Waals surface area (Å²) >= 11 is 0. The van der Waals surface area contributed by atoms with E-state index in [9.17, 15) is 4.79 Å². The molecule has 1 aromatic heterocycles. The first-order chi connectivity index (χ1) is 12.4. The van der Waals surface area contributed by atoms with Crippen LogP contribution in [0.25, 0.3) is 10.9 Å². The van der Waals surface area contributed by atoms with Crippen LogP contribution in [-0.2, 0) is 0 Å². The van der Waals surface area contributed by atoms with Crippen molar-refractivity contribution in [1.29, 1.82) is 0 Å². The normalized spacial score (nSPS) is 22.3. The van der Waals surface area contributed by atoms with E-state index in [1.807, 2.05) is 13.1 Å². The summed E-state index contributed by atoms with van der Waals surface area (Å²) in [7, 11) is 1.87. The molecule has 0 bridgehead atoms. The Bertz CT molecular complexity index is 818. The number of aromatic nitrogens is 1. The summed E-state index contributed by atoms with van der Waals surface area (Å²) in [6.45, 7) is 9.63. The quantitative estimate of drug-likeness (QED) is 0.845. The summed E-state index contributed by atoms with van der Waals surface area (Å²) in [5.41, 5.74) is 1.90. The zero-order valence-corrected chi connectivity index (χ0v) is 16.2. The van der Waals surface area contributed by atoms with E-state index in [-0.39, 0.29) is 18.1 Å². The van der Waals surface area contributed by atoms with Crippen LogP contribution < -0.4 is 4.74 Å². The minimum absolute atomic E-state index is 0.0998. The molecule has 0 radical (unpaired) electrons. The number of carbonyl (C=O) groups is 1. The van der Waals surface area contributed by atoms with Gasteiger partial charge in [-0.05, 0) is 57.9 Å². The topological polar surface area (TPSA) is 37.7 Å². The van der Waals surface area contributed by atoms with E-state index in [1.54, 1.807) is 4.90 Å². The Balaban J connectivity index is 1.55. The number of carbonyl (C=O) groups excluding carboxylic acids is 1. The Kier molecular flexibility index (Phi) is 4.43. The van der Waals surface area contributed by atoms with Gasteiger partial charge in [0.1, 0.15) is 17.5 Å². The highest BCUT2D eigenvalue weighted by Crippen LogP contribution is 2.32. The van der Waals surface area contributed by atoms with Crippen molar-refractivity contribution in [1.82, 2.24) is 14.4 Å². The predicted molar refractivity (Wildman–Crippen MR) is 104 cm³/mol. The van der Waals surface area contributed by atoms with E-state index in [1.165, 1.54) is 0 Å². The Hall–Kier alpha value is -2.01. The molecule has 0 N–H and O–H groups in total. The van der Waals surface area contributed by atoms with Crippen molar-refractivity contribution in [2.75, 3.05) is 26.7 Å². The molecule has 2 aliphatic rings. The zero-order chi connectivity index (χ0) is 18.4. The van der Waals surface area contributed by atoms with Crippen molar-refractivity contribution in [3.05, 3.63) is 30.0 Å². The number of likely N-dealkylation sites (tertiary alicyclic amines) is 1. The number of ether oxygens (including phenoxy) is 1. The van der Waals surface area contributed by atoms with Gasteiger partial charge in [0.05, 0.1) is 0 Å². The second kappa shape index (κ2) is 6.62. The maximum Gasteiger partial charge on any atom is 0.270 e. The number of hydrogen-bond donors (Lipinski definition) is 0. The fourth-order valence-corrected chi connectivity index (χ4v) is 4.39. The molecule has 140 valence electrons. The third kappa shape index (κ3) is 2.98. The Morgan fingerprint density at radius 1 is 1.15 bits per heavy atom. The van der Waals surface area contributed by atoms with Crippen LogP contribution in [0.15, 0.2) is 24.3 Å². The lowest BCUT2D eigenvalue weighted by Crippen LogP contribution is -2.41. The van der Waals surface area contributed by atoms with Gasteiger partial charge in [0, 0.05) is 49.7 Å². The number of rotatable bonds is 3. The lowest BCUT2D eigenvalue weighted by molar-refractivity contribution is 0.0727. The van der Waals surface area contributed by atoms with Gasteiger partial charge in [0.2, 0.25) is 0 Å². The highest BCUT2D eigenvalue weighted by molar-refractivity contribution is 5.99. The van der Waals surface area contributed by atoms with Crippen LogP contribution in [0.2, 0.25) is 0 Å². The monoisotopic (exact) mass is 355 g/mol. The molecule has 2 aromatic rings. The number of hydrogen-bond acceptors (Lipinski definition) is 3. The second-order valence-electron chi connectivity index (χ2n) is 8.10. The summed E-state index contributed by atoms with van der Waals surface area (Å²) in [4.78, 5) is 16.8. The van der Waals surface area contributed by atoms with Crippen molar-refractivity contribution < 1.29 is 9.53 Å². The average Bonchev–Trinajstić information content (AvgIpc) is 2.99. The van der Waals surface area contributed by atoms with Gasteiger partial charge < -0.3 is 19.1 Å².